The number of carbonyl (C=O) groups excluding carboxylic acids is 4. The Morgan fingerprint density at radius 3 is 1.74 bits per heavy atom. The van der Waals surface area contributed by atoms with Crippen molar-refractivity contribution in [2.24, 2.45) is 11.7 Å². The zero-order valence-corrected chi connectivity index (χ0v) is 47.5. The van der Waals surface area contributed by atoms with Gasteiger partial charge in [0.05, 0.1) is 32.3 Å². The first-order chi connectivity index (χ1) is 35.9. The molecule has 3 fully saturated rings. The summed E-state index contributed by atoms with van der Waals surface area (Å²) in [4.78, 5) is 49.3. The minimum atomic E-state index is -4.24. The quantitative estimate of drug-likeness (QED) is 0.0436. The van der Waals surface area contributed by atoms with Gasteiger partial charge in [0.25, 0.3) is 0 Å². The van der Waals surface area contributed by atoms with Crippen LogP contribution in [0.3, 0.4) is 0 Å². The normalized spacial score (nSPS) is 23.5. The summed E-state index contributed by atoms with van der Waals surface area (Å²) in [5, 5.41) is 17.6. The summed E-state index contributed by atoms with van der Waals surface area (Å²) in [7, 11) is -0.452. The van der Waals surface area contributed by atoms with Crippen molar-refractivity contribution in [1.82, 2.24) is 15.1 Å². The van der Waals surface area contributed by atoms with Crippen molar-refractivity contribution >= 4 is 78.1 Å². The van der Waals surface area contributed by atoms with Crippen LogP contribution in [0.15, 0.2) is 103 Å². The summed E-state index contributed by atoms with van der Waals surface area (Å²) < 4.78 is 78.4. The molecule has 4 unspecified atom stereocenters. The number of carbonyl (C=O) groups is 4. The number of methoxy groups -OCH3 is 3. The Balaban J connectivity index is 0.000000218. The van der Waals surface area contributed by atoms with Crippen molar-refractivity contribution in [3.8, 4) is 28.7 Å². The lowest BCUT2D eigenvalue weighted by Crippen LogP contribution is -2.76. The maximum Gasteiger partial charge on any atom is 0.513 e. The highest BCUT2D eigenvalue weighted by molar-refractivity contribution is 8.05. The molecule has 9 atom stereocenters. The fraction of sp³-hybridized carbons (Fsp3) is 0.440. The Bertz CT molecular complexity index is 2820. The van der Waals surface area contributed by atoms with Crippen LogP contribution in [0, 0.1) is 5.92 Å². The molecule has 1 spiro atoms. The predicted octanol–water partition coefficient (Wildman–Crippen LogP) is 9.26. The number of halogens is 3. The molecule has 2 saturated carbocycles. The van der Waals surface area contributed by atoms with Gasteiger partial charge in [-0.3, -0.25) is 24.1 Å². The van der Waals surface area contributed by atoms with Crippen LogP contribution in [0.1, 0.15) is 64.0 Å². The van der Waals surface area contributed by atoms with Crippen LogP contribution < -0.4 is 38.7 Å². The molecule has 9 rings (SSSR count). The van der Waals surface area contributed by atoms with E-state index in [0.717, 1.165) is 24.2 Å². The third-order valence-corrected chi connectivity index (χ3v) is 17.1. The van der Waals surface area contributed by atoms with Crippen molar-refractivity contribution in [2.45, 2.75) is 101 Å². The van der Waals surface area contributed by atoms with Crippen molar-refractivity contribution in [3.05, 3.63) is 114 Å². The molecule has 4 aromatic carbocycles. The molecule has 4 aromatic rings. The van der Waals surface area contributed by atoms with Crippen molar-refractivity contribution in [2.75, 3.05) is 34.4 Å². The molecule has 2 aliphatic heterocycles. The Labute approximate surface area is 455 Å². The largest absolute Gasteiger partial charge is 0.513 e. The molecule has 76 heavy (non-hydrogen) atoms. The summed E-state index contributed by atoms with van der Waals surface area (Å²) in [6.45, 7) is 2.68. The second-order valence-electron chi connectivity index (χ2n) is 18.5. The second kappa shape index (κ2) is 25.9. The molecule has 2 bridgehead atoms. The van der Waals surface area contributed by atoms with E-state index in [0.29, 0.717) is 42.4 Å². The zero-order chi connectivity index (χ0) is 55.6. The number of ketones is 1. The van der Waals surface area contributed by atoms with E-state index in [4.69, 9.17) is 62.5 Å². The number of hydrogen-bond donors (Lipinski definition) is 4. The number of rotatable bonds is 17. The molecule has 2 heterocycles. The fourth-order valence-corrected chi connectivity index (χ4v) is 13.6. The van der Waals surface area contributed by atoms with Crippen LogP contribution in [-0.4, -0.2) is 104 Å². The third-order valence-electron chi connectivity index (χ3n) is 13.0. The van der Waals surface area contributed by atoms with Gasteiger partial charge in [0.1, 0.15) is 35.4 Å². The summed E-state index contributed by atoms with van der Waals surface area (Å²) in [6.07, 6.45) is 0.0108. The van der Waals surface area contributed by atoms with E-state index in [1.807, 2.05) is 6.07 Å². The first-order valence-corrected chi connectivity index (χ1v) is 31.6. The Kier molecular flexibility index (Phi) is 20.6. The van der Waals surface area contributed by atoms with Gasteiger partial charge in [-0.05, 0) is 113 Å². The zero-order valence-electron chi connectivity index (χ0n) is 42.5. The monoisotopic (exact) mass is 1170 g/mol. The highest BCUT2D eigenvalue weighted by Crippen LogP contribution is 2.66. The molecule has 5 aliphatic rings. The summed E-state index contributed by atoms with van der Waals surface area (Å²) in [5.41, 5.74) is 4.84. The highest BCUT2D eigenvalue weighted by Gasteiger charge is 2.73. The van der Waals surface area contributed by atoms with Gasteiger partial charge in [-0.25, -0.2) is 18.8 Å². The lowest BCUT2D eigenvalue weighted by atomic mass is 9.49. The van der Waals surface area contributed by atoms with Crippen molar-refractivity contribution in [3.63, 3.8) is 0 Å². The Morgan fingerprint density at radius 2 is 1.25 bits per heavy atom. The van der Waals surface area contributed by atoms with Gasteiger partial charge in [0, 0.05) is 58.3 Å². The molecular weight excluding hydrogens is 1110 g/mol. The molecule has 20 nitrogen and oxygen atoms in total. The fourth-order valence-electron chi connectivity index (χ4n) is 9.51. The summed E-state index contributed by atoms with van der Waals surface area (Å²) in [5.74, 6) is 0.545. The van der Waals surface area contributed by atoms with E-state index in [9.17, 15) is 38.0 Å². The SMILES string of the molecule is COC(=O)[C@H](C)N.COC(=O)[C@H](C)NP(=O)(Cl)Oc1ccccc1.COC(=O)[C@H](C)NP(=O)(Oc1ccccc1)Oc1ccc2c3c1OC1C(=O)CCC4(O)[C@@H](C2)N(CC2CC2)CC[C@]314.O=P(Cl)(Cl)Oc1ccccc1. The lowest BCUT2D eigenvalue weighted by molar-refractivity contribution is -0.188. The minimum absolute atomic E-state index is 0.0415. The van der Waals surface area contributed by atoms with E-state index in [1.165, 1.54) is 48.0 Å². The van der Waals surface area contributed by atoms with Crippen LogP contribution in [-0.2, 0) is 58.9 Å². The van der Waals surface area contributed by atoms with Crippen LogP contribution in [0.4, 0.5) is 0 Å². The third kappa shape index (κ3) is 15.1. The van der Waals surface area contributed by atoms with Crippen LogP contribution in [0.25, 0.3) is 0 Å². The molecule has 0 radical (unpaired) electrons. The molecule has 26 heteroatoms. The van der Waals surface area contributed by atoms with Gasteiger partial charge in [-0.2, -0.15) is 5.09 Å². The number of esters is 3. The van der Waals surface area contributed by atoms with Crippen LogP contribution in [0.5, 0.6) is 28.7 Å². The molecule has 1 saturated heterocycles. The number of ether oxygens (including phenoxy) is 4. The van der Waals surface area contributed by atoms with Crippen molar-refractivity contribution in [1.29, 1.82) is 0 Å². The van der Waals surface area contributed by atoms with E-state index in [1.54, 1.807) is 104 Å². The van der Waals surface area contributed by atoms with E-state index in [2.05, 4.69) is 29.1 Å². The van der Waals surface area contributed by atoms with Gasteiger partial charge >= 0.3 is 38.6 Å². The average molecular weight is 1170 g/mol. The van der Waals surface area contributed by atoms with Gasteiger partial charge in [-0.1, -0.05) is 60.7 Å². The van der Waals surface area contributed by atoms with E-state index in [-0.39, 0.29) is 35.7 Å². The second-order valence-corrected chi connectivity index (χ2v) is 27.0. The number of aliphatic hydroxyl groups is 1. The smallest absolute Gasteiger partial charge is 0.477 e. The number of likely N-dealkylation sites (tertiary alicyclic amines) is 1. The number of para-hydroxylation sites is 3. The minimum Gasteiger partial charge on any atom is -0.477 e. The molecular formula is C50H62Cl3N4O16P3. The van der Waals surface area contributed by atoms with Crippen LogP contribution >= 0.6 is 54.4 Å². The number of nitrogens with zero attached hydrogens (tertiary/aromatic N) is 1. The first kappa shape index (κ1) is 60.5. The number of benzene rings is 4. The topological polar surface area (TPSA) is 267 Å². The maximum absolute atomic E-state index is 14.2. The molecule has 0 aromatic heterocycles. The Morgan fingerprint density at radius 1 is 0.737 bits per heavy atom. The number of nitrogens with one attached hydrogen (secondary N) is 2. The van der Waals surface area contributed by atoms with Gasteiger partial charge in [0.15, 0.2) is 23.4 Å². The summed E-state index contributed by atoms with van der Waals surface area (Å²) in [6, 6.07) is 26.7. The highest BCUT2D eigenvalue weighted by atomic mass is 35.9. The first-order valence-electron chi connectivity index (χ1n) is 24.1. The molecule has 414 valence electrons. The number of piperidine rings is 1. The maximum atomic E-state index is 14.2. The number of nitrogens with two attached hydrogens (primary N) is 1. The number of hydrogen-bond acceptors (Lipinski definition) is 18. The van der Waals surface area contributed by atoms with Gasteiger partial charge in [0.2, 0.25) is 0 Å². The van der Waals surface area contributed by atoms with Gasteiger partial charge in [-0.15, -0.1) is 0 Å². The molecule has 0 amide bonds. The molecule has 5 N–H and O–H groups in total. The molecule has 3 aliphatic carbocycles. The van der Waals surface area contributed by atoms with Crippen molar-refractivity contribution < 1.29 is 75.0 Å². The standard InChI is InChI=1S/C30H35N2O8P.C10H13ClNO4P.C6H5Cl2O2P.C4H9NO2/c1-18(28(34)37-2)31-41(36,39-21-6-4-3-5-7-21)40-23-11-10-20-16-24-30(35)13-12-22(33)27-29(30,25(20)26(23)38-27)14-15-32(24)17-19-8-9-19;1-8(10(13)15-2)12-17(11,14)16-9-6-4-3-5-7-9;7-11(8,9)10-6-4-2-1-3-5-6;1-3(5)4(6)7-2/h3-7,10-11,18-19,24,27,35H,8-9,12-17H2,1-2H3,(H,31,36);3-8H,1-2H3,(H,12,14);1-5H;3H,5H2,1-2H3/t18-,24+,27?,29-,30?,41?;8-,17?;;3-/m00.0/s1. The lowest BCUT2D eigenvalue weighted by Gasteiger charge is -2.62. The predicted molar refractivity (Wildman–Crippen MR) is 285 cm³/mol. The van der Waals surface area contributed by atoms with E-state index >= 15 is 0 Å². The van der Waals surface area contributed by atoms with E-state index < -0.39 is 67.9 Å². The van der Waals surface area contributed by atoms with Gasteiger partial charge < -0.3 is 47.9 Å². The summed E-state index contributed by atoms with van der Waals surface area (Å²) >= 11 is 16.0. The Hall–Kier alpha value is -4.68. The number of Topliss-reactive ketones (excluding diaryl/α,β-unsaturated/α-hetero) is 1. The average Bonchev–Trinajstić information content (AvgIpc) is 4.24. The van der Waals surface area contributed by atoms with Crippen LogP contribution in [0.2, 0.25) is 0 Å².